The Bertz CT molecular complexity index is 998. The van der Waals surface area contributed by atoms with E-state index in [4.69, 9.17) is 19.9 Å². The molecule has 0 radical (unpaired) electrons. The zero-order valence-electron chi connectivity index (χ0n) is 22.9. The zero-order valence-corrected chi connectivity index (χ0v) is 22.9. The molecule has 1 atom stereocenters. The number of cyclic esters (lactones) is 1. The number of anilines is 1. The minimum atomic E-state index is -0.607. The maximum absolute atomic E-state index is 12.9. The number of primary amides is 1. The molecule has 1 aliphatic rings. The molecule has 0 spiro atoms. The number of amides is 2. The number of nitrogens with two attached hydrogens (primary N) is 1. The van der Waals surface area contributed by atoms with Crippen LogP contribution in [0.1, 0.15) is 100 Å². The summed E-state index contributed by atoms with van der Waals surface area (Å²) in [5.74, 6) is -0.0867. The third-order valence-electron chi connectivity index (χ3n) is 6.60. The molecule has 2 N–H and O–H groups in total. The quantitative estimate of drug-likeness (QED) is 0.272. The molecular weight excluding hydrogens is 460 g/mol. The summed E-state index contributed by atoms with van der Waals surface area (Å²) in [6, 6.07) is -0.772. The van der Waals surface area contributed by atoms with Crippen molar-refractivity contribution in [1.29, 1.82) is 0 Å². The fourth-order valence-corrected chi connectivity index (χ4v) is 4.72. The van der Waals surface area contributed by atoms with E-state index in [2.05, 4.69) is 6.92 Å². The number of urea groups is 1. The number of rotatable bonds is 13. The van der Waals surface area contributed by atoms with Gasteiger partial charge in [-0.25, -0.2) is 9.59 Å². The van der Waals surface area contributed by atoms with Crippen molar-refractivity contribution in [2.45, 2.75) is 105 Å². The number of ether oxygens (including phenoxy) is 3. The second kappa shape index (κ2) is 13.3. The van der Waals surface area contributed by atoms with Crippen LogP contribution in [-0.4, -0.2) is 37.2 Å². The van der Waals surface area contributed by atoms with Crippen molar-refractivity contribution in [3.63, 3.8) is 0 Å². The molecule has 1 aromatic carbocycles. The summed E-state index contributed by atoms with van der Waals surface area (Å²) in [6.07, 6.45) is 6.44. The van der Waals surface area contributed by atoms with Crippen LogP contribution in [0.25, 0.3) is 0 Å². The van der Waals surface area contributed by atoms with E-state index >= 15 is 0 Å². The molecule has 0 bridgehead atoms. The van der Waals surface area contributed by atoms with E-state index in [1.807, 2.05) is 40.7 Å². The fraction of sp³-hybridized carbons (Fsp3) is 0.607. The molecule has 0 saturated heterocycles. The van der Waals surface area contributed by atoms with Gasteiger partial charge in [-0.3, -0.25) is 9.69 Å². The molecule has 8 nitrogen and oxygen atoms in total. The average Bonchev–Trinajstić information content (AvgIpc) is 3.21. The first-order valence-electron chi connectivity index (χ1n) is 12.9. The van der Waals surface area contributed by atoms with E-state index in [9.17, 15) is 14.4 Å². The number of carbonyl (C=O) groups is 3. The largest absolute Gasteiger partial charge is 0.496 e. The van der Waals surface area contributed by atoms with Gasteiger partial charge >= 0.3 is 18.0 Å². The maximum Gasteiger partial charge on any atom is 0.341 e. The molecule has 1 heterocycles. The van der Waals surface area contributed by atoms with Gasteiger partial charge in [-0.1, -0.05) is 38.3 Å². The van der Waals surface area contributed by atoms with Gasteiger partial charge in [0.25, 0.3) is 0 Å². The van der Waals surface area contributed by atoms with Gasteiger partial charge < -0.3 is 19.9 Å². The molecule has 0 saturated carbocycles. The minimum absolute atomic E-state index is 0.134. The summed E-state index contributed by atoms with van der Waals surface area (Å²) in [5, 5.41) is 0. The Hall–Kier alpha value is -3.03. The molecule has 36 heavy (non-hydrogen) atoms. The van der Waals surface area contributed by atoms with Crippen molar-refractivity contribution in [2.75, 3.05) is 12.0 Å². The number of nitrogens with zero attached hydrogens (tertiary/aromatic N) is 1. The van der Waals surface area contributed by atoms with Crippen LogP contribution in [-0.2, 0) is 27.3 Å². The Morgan fingerprint density at radius 2 is 1.92 bits per heavy atom. The Kier molecular flexibility index (Phi) is 10.8. The fourth-order valence-electron chi connectivity index (χ4n) is 4.72. The van der Waals surface area contributed by atoms with Crippen LogP contribution in [0, 0.1) is 6.92 Å². The average molecular weight is 503 g/mol. The van der Waals surface area contributed by atoms with Gasteiger partial charge in [0, 0.05) is 23.6 Å². The van der Waals surface area contributed by atoms with Crippen molar-refractivity contribution in [1.82, 2.24) is 0 Å². The minimum Gasteiger partial charge on any atom is -0.496 e. The molecule has 1 aromatic rings. The number of carbonyl (C=O) groups excluding carboxylic acids is 3. The maximum atomic E-state index is 12.9. The second-order valence-corrected chi connectivity index (χ2v) is 9.62. The van der Waals surface area contributed by atoms with Gasteiger partial charge in [-0.15, -0.1) is 0 Å². The highest BCUT2D eigenvalue weighted by Crippen LogP contribution is 2.44. The lowest BCUT2D eigenvalue weighted by Crippen LogP contribution is -2.45. The number of allylic oxidation sites excluding steroid dienone is 2. The van der Waals surface area contributed by atoms with Crippen LogP contribution in [0.2, 0.25) is 0 Å². The smallest absolute Gasteiger partial charge is 0.341 e. The van der Waals surface area contributed by atoms with Crippen molar-refractivity contribution in [2.24, 2.45) is 5.73 Å². The lowest BCUT2D eigenvalue weighted by molar-refractivity contribution is -0.147. The number of hydrogen-bond donors (Lipinski definition) is 1. The Balaban J connectivity index is 2.60. The van der Waals surface area contributed by atoms with Gasteiger partial charge in [-0.05, 0) is 58.9 Å². The number of fused-ring (bicyclic) bond motifs is 1. The molecule has 0 aliphatic carbocycles. The van der Waals surface area contributed by atoms with Crippen LogP contribution in [0.4, 0.5) is 10.5 Å². The summed E-state index contributed by atoms with van der Waals surface area (Å²) < 4.78 is 16.5. The monoisotopic (exact) mass is 502 g/mol. The summed E-state index contributed by atoms with van der Waals surface area (Å²) in [4.78, 5) is 39.4. The third-order valence-corrected chi connectivity index (χ3v) is 6.60. The van der Waals surface area contributed by atoms with Crippen molar-refractivity contribution >= 4 is 23.7 Å². The molecule has 1 aliphatic heterocycles. The van der Waals surface area contributed by atoms with Gasteiger partial charge in [0.15, 0.2) is 0 Å². The first-order valence-corrected chi connectivity index (χ1v) is 12.9. The Labute approximate surface area is 215 Å². The number of hydrogen-bond acceptors (Lipinski definition) is 6. The topological polar surface area (TPSA) is 108 Å². The number of esters is 2. The molecule has 2 amide bonds. The second-order valence-electron chi connectivity index (χ2n) is 9.62. The number of benzene rings is 1. The van der Waals surface area contributed by atoms with E-state index in [0.717, 1.165) is 36.0 Å². The first kappa shape index (κ1) is 29.2. The molecule has 0 fully saturated rings. The lowest BCUT2D eigenvalue weighted by Gasteiger charge is -2.33. The highest BCUT2D eigenvalue weighted by Gasteiger charge is 2.37. The molecule has 8 heteroatoms. The van der Waals surface area contributed by atoms with E-state index < -0.39 is 12.0 Å². The van der Waals surface area contributed by atoms with Gasteiger partial charge in [0.05, 0.1) is 24.5 Å². The van der Waals surface area contributed by atoms with E-state index in [1.165, 1.54) is 0 Å². The van der Waals surface area contributed by atoms with Crippen molar-refractivity contribution in [3.05, 3.63) is 33.9 Å². The van der Waals surface area contributed by atoms with Gasteiger partial charge in [-0.2, -0.15) is 0 Å². The molecule has 1 unspecified atom stereocenters. The molecular formula is C28H42N2O6. The first-order chi connectivity index (χ1) is 17.1. The van der Waals surface area contributed by atoms with Crippen LogP contribution < -0.4 is 15.4 Å². The van der Waals surface area contributed by atoms with Crippen molar-refractivity contribution < 1.29 is 28.6 Å². The zero-order chi connectivity index (χ0) is 27.0. The normalized spacial score (nSPS) is 13.9. The summed E-state index contributed by atoms with van der Waals surface area (Å²) >= 11 is 0. The lowest BCUT2D eigenvalue weighted by atomic mass is 9.91. The molecule has 2 rings (SSSR count). The number of methoxy groups -OCH3 is 1. The van der Waals surface area contributed by atoms with Crippen LogP contribution in [0.5, 0.6) is 5.75 Å². The van der Waals surface area contributed by atoms with Gasteiger partial charge in [0.1, 0.15) is 12.4 Å². The summed E-state index contributed by atoms with van der Waals surface area (Å²) in [5.41, 5.74) is 10.1. The van der Waals surface area contributed by atoms with Gasteiger partial charge in [0.2, 0.25) is 0 Å². The predicted molar refractivity (Wildman–Crippen MR) is 140 cm³/mol. The van der Waals surface area contributed by atoms with Crippen LogP contribution >= 0.6 is 0 Å². The highest BCUT2D eigenvalue weighted by atomic mass is 16.5. The SMILES string of the molecule is CCCCC(CC)N(C(N)=O)c1c(CC=C(C)CCC(=O)OC(C)C)c(OC)c(C)c2c1C(=O)OC2. The van der Waals surface area contributed by atoms with E-state index in [0.29, 0.717) is 41.8 Å². The van der Waals surface area contributed by atoms with Crippen LogP contribution in [0.15, 0.2) is 11.6 Å². The van der Waals surface area contributed by atoms with E-state index in [1.54, 1.807) is 12.0 Å². The van der Waals surface area contributed by atoms with E-state index in [-0.39, 0.29) is 31.1 Å². The summed E-state index contributed by atoms with van der Waals surface area (Å²) in [7, 11) is 1.58. The third kappa shape index (κ3) is 6.80. The summed E-state index contributed by atoms with van der Waals surface area (Å²) in [6.45, 7) is 11.7. The van der Waals surface area contributed by atoms with Crippen LogP contribution in [0.3, 0.4) is 0 Å². The van der Waals surface area contributed by atoms with Crippen molar-refractivity contribution in [3.8, 4) is 5.75 Å². The highest BCUT2D eigenvalue weighted by molar-refractivity contribution is 6.06. The predicted octanol–water partition coefficient (Wildman–Crippen LogP) is 5.75. The molecule has 0 aromatic heterocycles. The Morgan fingerprint density at radius 3 is 2.47 bits per heavy atom. The standard InChI is InChI=1S/C28H42N2O6/c1-8-10-11-20(9-2)30(28(29)33)25-21(14-12-18(5)13-15-23(31)36-17(3)4)26(34-7)19(6)22-16-35-27(32)24(22)25/h12,17,20H,8-11,13-16H2,1-7H3,(H2,29,33). The molecule has 200 valence electrons. The Morgan fingerprint density at radius 1 is 1.22 bits per heavy atom. The number of unbranched alkanes of at least 4 members (excludes halogenated alkanes) is 1.